The van der Waals surface area contributed by atoms with Gasteiger partial charge in [0.15, 0.2) is 0 Å². The standard InChI is InChI=1S/C12H24O3.C8H18O2/c1-8(2)10(13)12(5,6)7-15-11(14)9(3)4;1-6(2)7(10)8(3,4)5-9/h8-10,13H,7H2,1-6H3;6-7,9-10H,5H2,1-4H3. The van der Waals surface area contributed by atoms with E-state index in [9.17, 15) is 15.0 Å². The van der Waals surface area contributed by atoms with Crippen molar-refractivity contribution in [3.63, 3.8) is 0 Å². The molecule has 0 amide bonds. The summed E-state index contributed by atoms with van der Waals surface area (Å²) >= 11 is 0. The van der Waals surface area contributed by atoms with E-state index in [4.69, 9.17) is 9.84 Å². The van der Waals surface area contributed by atoms with Crippen LogP contribution in [0.4, 0.5) is 0 Å². The van der Waals surface area contributed by atoms with Crippen molar-refractivity contribution in [3.8, 4) is 0 Å². The van der Waals surface area contributed by atoms with Crippen molar-refractivity contribution in [3.05, 3.63) is 0 Å². The highest BCUT2D eigenvalue weighted by Crippen LogP contribution is 2.26. The van der Waals surface area contributed by atoms with Gasteiger partial charge >= 0.3 is 5.97 Å². The van der Waals surface area contributed by atoms with Gasteiger partial charge in [0.05, 0.1) is 31.3 Å². The van der Waals surface area contributed by atoms with Crippen LogP contribution in [0, 0.1) is 28.6 Å². The molecule has 2 unspecified atom stereocenters. The van der Waals surface area contributed by atoms with Crippen LogP contribution in [0.25, 0.3) is 0 Å². The molecule has 0 aliphatic heterocycles. The first-order valence-electron chi connectivity index (χ1n) is 9.23. The first-order valence-corrected chi connectivity index (χ1v) is 9.23. The second-order valence-corrected chi connectivity index (χ2v) is 9.28. The predicted octanol–water partition coefficient (Wildman–Crippen LogP) is 3.25. The van der Waals surface area contributed by atoms with E-state index in [1.54, 1.807) is 13.8 Å². The monoisotopic (exact) mass is 362 g/mol. The molecular weight excluding hydrogens is 320 g/mol. The van der Waals surface area contributed by atoms with Crippen LogP contribution in [-0.4, -0.2) is 46.7 Å². The second kappa shape index (κ2) is 11.1. The Hall–Kier alpha value is -0.650. The zero-order valence-corrected chi connectivity index (χ0v) is 18.0. The number of carbonyl (C=O) groups excluding carboxylic acids is 1. The molecule has 2 atom stereocenters. The maximum atomic E-state index is 11.3. The number of hydrogen-bond donors (Lipinski definition) is 3. The number of esters is 1. The summed E-state index contributed by atoms with van der Waals surface area (Å²) in [6, 6.07) is 0. The van der Waals surface area contributed by atoms with E-state index in [0.717, 1.165) is 0 Å². The van der Waals surface area contributed by atoms with Crippen LogP contribution in [-0.2, 0) is 9.53 Å². The summed E-state index contributed by atoms with van der Waals surface area (Å²) in [5.74, 6) is 0.0518. The molecule has 0 saturated heterocycles. The number of ether oxygens (including phenoxy) is 1. The average Bonchev–Trinajstić information content (AvgIpc) is 2.51. The van der Waals surface area contributed by atoms with Gasteiger partial charge in [0.2, 0.25) is 0 Å². The zero-order valence-electron chi connectivity index (χ0n) is 18.0. The molecule has 0 rings (SSSR count). The molecule has 0 spiro atoms. The van der Waals surface area contributed by atoms with Crippen molar-refractivity contribution in [2.75, 3.05) is 13.2 Å². The van der Waals surface area contributed by atoms with Gasteiger partial charge in [-0.3, -0.25) is 4.79 Å². The van der Waals surface area contributed by atoms with Gasteiger partial charge in [-0.25, -0.2) is 0 Å². The van der Waals surface area contributed by atoms with Gasteiger partial charge in [0.1, 0.15) is 0 Å². The van der Waals surface area contributed by atoms with E-state index in [0.29, 0.717) is 0 Å². The van der Waals surface area contributed by atoms with Gasteiger partial charge in [0, 0.05) is 10.8 Å². The Balaban J connectivity index is 0. The zero-order chi connectivity index (χ0) is 20.6. The van der Waals surface area contributed by atoms with Crippen LogP contribution in [0.2, 0.25) is 0 Å². The maximum Gasteiger partial charge on any atom is 0.308 e. The third-order valence-electron chi connectivity index (χ3n) is 4.33. The highest BCUT2D eigenvalue weighted by molar-refractivity contribution is 5.71. The first kappa shape index (κ1) is 26.6. The Labute approximate surface area is 154 Å². The minimum absolute atomic E-state index is 0.0341. The molecule has 25 heavy (non-hydrogen) atoms. The normalized spacial score (nSPS) is 15.0. The van der Waals surface area contributed by atoms with Crippen LogP contribution in [0.15, 0.2) is 0 Å². The molecule has 0 aliphatic carbocycles. The molecule has 3 N–H and O–H groups in total. The molecule has 0 radical (unpaired) electrons. The van der Waals surface area contributed by atoms with E-state index in [2.05, 4.69) is 0 Å². The van der Waals surface area contributed by atoms with Gasteiger partial charge in [-0.2, -0.15) is 0 Å². The number of aliphatic hydroxyl groups is 3. The molecule has 0 aromatic carbocycles. The molecule has 0 aliphatic rings. The van der Waals surface area contributed by atoms with Crippen LogP contribution in [0.3, 0.4) is 0 Å². The molecule has 0 aromatic heterocycles. The average molecular weight is 363 g/mol. The topological polar surface area (TPSA) is 87.0 Å². The highest BCUT2D eigenvalue weighted by atomic mass is 16.5. The van der Waals surface area contributed by atoms with Crippen LogP contribution >= 0.6 is 0 Å². The smallest absolute Gasteiger partial charge is 0.308 e. The van der Waals surface area contributed by atoms with Gasteiger partial charge < -0.3 is 20.1 Å². The summed E-state index contributed by atoms with van der Waals surface area (Å²) in [5, 5.41) is 28.3. The first-order chi connectivity index (χ1) is 11.1. The molecular formula is C20H42O5. The van der Waals surface area contributed by atoms with E-state index >= 15 is 0 Å². The minimum Gasteiger partial charge on any atom is -0.465 e. The van der Waals surface area contributed by atoms with Crippen molar-refractivity contribution in [2.45, 2.75) is 81.4 Å². The quantitative estimate of drug-likeness (QED) is 0.577. The molecule has 0 bridgehead atoms. The lowest BCUT2D eigenvalue weighted by atomic mass is 9.81. The lowest BCUT2D eigenvalue weighted by molar-refractivity contribution is -0.153. The summed E-state index contributed by atoms with van der Waals surface area (Å²) in [6.45, 7) is 19.2. The summed E-state index contributed by atoms with van der Waals surface area (Å²) in [5.41, 5.74) is -0.757. The van der Waals surface area contributed by atoms with Gasteiger partial charge in [-0.05, 0) is 11.8 Å². The summed E-state index contributed by atoms with van der Waals surface area (Å²) < 4.78 is 5.14. The summed E-state index contributed by atoms with van der Waals surface area (Å²) in [7, 11) is 0. The predicted molar refractivity (Wildman–Crippen MR) is 102 cm³/mol. The molecule has 0 heterocycles. The van der Waals surface area contributed by atoms with Crippen LogP contribution < -0.4 is 0 Å². The third kappa shape index (κ3) is 10.2. The van der Waals surface area contributed by atoms with E-state index in [-0.39, 0.29) is 42.4 Å². The highest BCUT2D eigenvalue weighted by Gasteiger charge is 2.32. The Kier molecular flexibility index (Phi) is 11.8. The molecule has 0 aromatic rings. The van der Waals surface area contributed by atoms with E-state index in [1.165, 1.54) is 0 Å². The third-order valence-corrected chi connectivity index (χ3v) is 4.33. The fourth-order valence-electron chi connectivity index (χ4n) is 2.41. The van der Waals surface area contributed by atoms with Crippen LogP contribution in [0.5, 0.6) is 0 Å². The van der Waals surface area contributed by atoms with Gasteiger partial charge in [0.25, 0.3) is 0 Å². The minimum atomic E-state index is -0.461. The van der Waals surface area contributed by atoms with Crippen LogP contribution in [0.1, 0.15) is 69.2 Å². The molecule has 0 saturated carbocycles. The number of aliphatic hydroxyl groups excluding tert-OH is 3. The van der Waals surface area contributed by atoms with E-state index < -0.39 is 17.6 Å². The molecule has 5 nitrogen and oxygen atoms in total. The van der Waals surface area contributed by atoms with Crippen molar-refractivity contribution >= 4 is 5.97 Å². The number of rotatable bonds is 8. The van der Waals surface area contributed by atoms with Gasteiger partial charge in [-0.1, -0.05) is 69.2 Å². The lowest BCUT2D eigenvalue weighted by Gasteiger charge is -2.32. The SMILES string of the molecule is CC(C)C(=O)OCC(C)(C)C(O)C(C)C.CC(C)C(O)C(C)(C)CO. The van der Waals surface area contributed by atoms with Crippen molar-refractivity contribution in [1.29, 1.82) is 0 Å². The number of hydrogen-bond acceptors (Lipinski definition) is 5. The largest absolute Gasteiger partial charge is 0.465 e. The lowest BCUT2D eigenvalue weighted by Crippen LogP contribution is -2.38. The molecule has 152 valence electrons. The second-order valence-electron chi connectivity index (χ2n) is 9.28. The molecule has 0 fully saturated rings. The fourth-order valence-corrected chi connectivity index (χ4v) is 2.41. The Bertz CT molecular complexity index is 372. The summed E-state index contributed by atoms with van der Waals surface area (Å²) in [4.78, 5) is 11.3. The van der Waals surface area contributed by atoms with Crippen molar-refractivity contribution in [2.24, 2.45) is 28.6 Å². The van der Waals surface area contributed by atoms with E-state index in [1.807, 2.05) is 55.4 Å². The summed E-state index contributed by atoms with van der Waals surface area (Å²) in [6.07, 6.45) is -0.880. The number of carbonyl (C=O) groups is 1. The Morgan fingerprint density at radius 3 is 1.44 bits per heavy atom. The van der Waals surface area contributed by atoms with Gasteiger partial charge in [-0.15, -0.1) is 0 Å². The Morgan fingerprint density at radius 1 is 0.840 bits per heavy atom. The maximum absolute atomic E-state index is 11.3. The van der Waals surface area contributed by atoms with Crippen molar-refractivity contribution in [1.82, 2.24) is 0 Å². The fraction of sp³-hybridized carbons (Fsp3) is 0.950. The van der Waals surface area contributed by atoms with Crippen molar-refractivity contribution < 1.29 is 24.9 Å². The molecule has 5 heteroatoms. The Morgan fingerprint density at radius 2 is 1.20 bits per heavy atom.